The molecule has 0 aliphatic heterocycles. The van der Waals surface area contributed by atoms with Crippen LogP contribution in [0.25, 0.3) is 0 Å². The molecule has 4 atom stereocenters. The molecule has 0 fully saturated rings. The maximum Gasteiger partial charge on any atom is 0.326 e. The third kappa shape index (κ3) is 10.8. The van der Waals surface area contributed by atoms with Gasteiger partial charge in [0.15, 0.2) is 0 Å². The standard InChI is InChI=1S/C24H39N5O5/c1-15(2)13-20(29-22(31)18(26)14-17-9-5-4-6-10-17)23(32)27-16(3)21(30)28-19(24(33)34)11-7-8-12-25/h4-6,9-10,15-16,18-20H,7-8,11-14,25-26H2,1-3H3,(H,27,32)(H,28,30)(H,29,31)(H,33,34). The van der Waals surface area contributed by atoms with Crippen LogP contribution in [0, 0.1) is 5.92 Å². The van der Waals surface area contributed by atoms with E-state index in [1.165, 1.54) is 6.92 Å². The summed E-state index contributed by atoms with van der Waals surface area (Å²) < 4.78 is 0. The maximum absolute atomic E-state index is 12.9. The largest absolute Gasteiger partial charge is 0.480 e. The van der Waals surface area contributed by atoms with Crippen molar-refractivity contribution in [3.63, 3.8) is 0 Å². The van der Waals surface area contributed by atoms with Crippen molar-refractivity contribution in [2.45, 2.75) is 77.0 Å². The number of amides is 3. The molecule has 0 spiro atoms. The Balaban J connectivity index is 2.72. The van der Waals surface area contributed by atoms with E-state index in [0.29, 0.717) is 32.2 Å². The average Bonchev–Trinajstić information content (AvgIpc) is 2.77. The van der Waals surface area contributed by atoms with Gasteiger partial charge in [-0.3, -0.25) is 14.4 Å². The van der Waals surface area contributed by atoms with Crippen molar-refractivity contribution in [1.82, 2.24) is 16.0 Å². The summed E-state index contributed by atoms with van der Waals surface area (Å²) in [5.41, 5.74) is 12.4. The minimum atomic E-state index is -1.15. The monoisotopic (exact) mass is 477 g/mol. The second-order valence-corrected chi connectivity index (χ2v) is 8.90. The van der Waals surface area contributed by atoms with Crippen LogP contribution in [0.15, 0.2) is 30.3 Å². The van der Waals surface area contributed by atoms with E-state index >= 15 is 0 Å². The Kier molecular flexibility index (Phi) is 12.8. The van der Waals surface area contributed by atoms with Crippen molar-refractivity contribution >= 4 is 23.7 Å². The minimum absolute atomic E-state index is 0.0875. The fourth-order valence-corrected chi connectivity index (χ4v) is 3.37. The quantitative estimate of drug-likeness (QED) is 0.197. The van der Waals surface area contributed by atoms with Crippen LogP contribution < -0.4 is 27.4 Å². The van der Waals surface area contributed by atoms with Gasteiger partial charge in [0, 0.05) is 0 Å². The van der Waals surface area contributed by atoms with E-state index in [1.807, 2.05) is 44.2 Å². The SMILES string of the molecule is CC(C)CC(NC(=O)C(N)Cc1ccccc1)C(=O)NC(C)C(=O)NC(CCCCN)C(=O)O. The second-order valence-electron chi connectivity index (χ2n) is 8.90. The number of unbranched alkanes of at least 4 members (excludes halogenated alkanes) is 1. The maximum atomic E-state index is 12.9. The predicted octanol–water partition coefficient (Wildman–Crippen LogP) is 0.290. The first-order valence-corrected chi connectivity index (χ1v) is 11.7. The Morgan fingerprint density at radius 1 is 0.882 bits per heavy atom. The fraction of sp³-hybridized carbons (Fsp3) is 0.583. The summed E-state index contributed by atoms with van der Waals surface area (Å²) in [7, 11) is 0. The zero-order chi connectivity index (χ0) is 25.7. The molecule has 0 radical (unpaired) electrons. The van der Waals surface area contributed by atoms with Crippen LogP contribution in [0.5, 0.6) is 0 Å². The number of carboxylic acids is 1. The van der Waals surface area contributed by atoms with Crippen LogP contribution in [0.3, 0.4) is 0 Å². The van der Waals surface area contributed by atoms with Gasteiger partial charge in [0.05, 0.1) is 6.04 Å². The number of rotatable bonds is 15. The zero-order valence-electron chi connectivity index (χ0n) is 20.3. The van der Waals surface area contributed by atoms with Gasteiger partial charge in [-0.1, -0.05) is 44.2 Å². The molecule has 0 saturated carbocycles. The van der Waals surface area contributed by atoms with Crippen LogP contribution in [0.4, 0.5) is 0 Å². The third-order valence-corrected chi connectivity index (χ3v) is 5.29. The molecule has 3 amide bonds. The average molecular weight is 478 g/mol. The van der Waals surface area contributed by atoms with Gasteiger partial charge in [0.1, 0.15) is 18.1 Å². The molecule has 8 N–H and O–H groups in total. The number of hydrogen-bond acceptors (Lipinski definition) is 6. The number of carbonyl (C=O) groups excluding carboxylic acids is 3. The molecule has 0 bridgehead atoms. The molecule has 0 aromatic heterocycles. The van der Waals surface area contributed by atoms with E-state index in [9.17, 15) is 24.3 Å². The second kappa shape index (κ2) is 15.0. The molecule has 10 nitrogen and oxygen atoms in total. The lowest BCUT2D eigenvalue weighted by molar-refractivity contribution is -0.142. The molecule has 0 heterocycles. The van der Waals surface area contributed by atoms with Crippen molar-refractivity contribution < 1.29 is 24.3 Å². The van der Waals surface area contributed by atoms with Crippen LogP contribution >= 0.6 is 0 Å². The first-order chi connectivity index (χ1) is 16.0. The first kappa shape index (κ1) is 29.1. The Morgan fingerprint density at radius 3 is 2.06 bits per heavy atom. The van der Waals surface area contributed by atoms with E-state index in [4.69, 9.17) is 11.5 Å². The highest BCUT2D eigenvalue weighted by atomic mass is 16.4. The lowest BCUT2D eigenvalue weighted by Crippen LogP contribution is -2.56. The summed E-state index contributed by atoms with van der Waals surface area (Å²) in [6, 6.07) is 5.53. The number of aliphatic carboxylic acids is 1. The predicted molar refractivity (Wildman–Crippen MR) is 130 cm³/mol. The number of carboxylic acid groups (broad SMARTS) is 1. The lowest BCUT2D eigenvalue weighted by atomic mass is 10.0. The molecule has 0 aliphatic rings. The molecule has 1 aromatic rings. The van der Waals surface area contributed by atoms with Crippen molar-refractivity contribution in [2.24, 2.45) is 17.4 Å². The summed E-state index contributed by atoms with van der Waals surface area (Å²) in [5, 5.41) is 17.0. The Bertz CT molecular complexity index is 802. The number of nitrogens with two attached hydrogens (primary N) is 2. The summed E-state index contributed by atoms with van der Waals surface area (Å²) in [6.07, 6.45) is 2.11. The topological polar surface area (TPSA) is 177 Å². The summed E-state index contributed by atoms with van der Waals surface area (Å²) in [4.78, 5) is 49.4. The molecule has 10 heteroatoms. The van der Waals surface area contributed by atoms with Gasteiger partial charge in [0.2, 0.25) is 17.7 Å². The third-order valence-electron chi connectivity index (χ3n) is 5.29. The van der Waals surface area contributed by atoms with Crippen molar-refractivity contribution in [3.8, 4) is 0 Å². The zero-order valence-corrected chi connectivity index (χ0v) is 20.3. The van der Waals surface area contributed by atoms with Gasteiger partial charge in [-0.05, 0) is 57.1 Å². The molecule has 0 aliphatic carbocycles. The number of hydrogen-bond donors (Lipinski definition) is 6. The molecule has 1 aromatic carbocycles. The summed E-state index contributed by atoms with van der Waals surface area (Å²) >= 11 is 0. The molecular weight excluding hydrogens is 438 g/mol. The van der Waals surface area contributed by atoms with Crippen LogP contribution in [0.2, 0.25) is 0 Å². The van der Waals surface area contributed by atoms with Gasteiger partial charge in [-0.2, -0.15) is 0 Å². The van der Waals surface area contributed by atoms with Crippen molar-refractivity contribution in [1.29, 1.82) is 0 Å². The van der Waals surface area contributed by atoms with E-state index in [2.05, 4.69) is 16.0 Å². The van der Waals surface area contributed by atoms with Crippen LogP contribution in [0.1, 0.15) is 52.0 Å². The van der Waals surface area contributed by atoms with Crippen molar-refractivity contribution in [3.05, 3.63) is 35.9 Å². The van der Waals surface area contributed by atoms with Crippen molar-refractivity contribution in [2.75, 3.05) is 6.54 Å². The highest BCUT2D eigenvalue weighted by Crippen LogP contribution is 2.08. The highest BCUT2D eigenvalue weighted by Gasteiger charge is 2.28. The van der Waals surface area contributed by atoms with Crippen LogP contribution in [-0.4, -0.2) is 59.5 Å². The van der Waals surface area contributed by atoms with Gasteiger partial charge in [-0.25, -0.2) is 4.79 Å². The molecular formula is C24H39N5O5. The lowest BCUT2D eigenvalue weighted by Gasteiger charge is -2.24. The van der Waals surface area contributed by atoms with E-state index in [0.717, 1.165) is 5.56 Å². The number of carbonyl (C=O) groups is 4. The summed E-state index contributed by atoms with van der Waals surface area (Å²) in [6.45, 7) is 5.71. The first-order valence-electron chi connectivity index (χ1n) is 11.7. The number of benzene rings is 1. The Hall–Kier alpha value is -2.98. The Labute approximate surface area is 201 Å². The molecule has 1 rings (SSSR count). The normalized spacial score (nSPS) is 14.5. The molecule has 4 unspecified atom stereocenters. The van der Waals surface area contributed by atoms with Gasteiger partial charge >= 0.3 is 5.97 Å². The van der Waals surface area contributed by atoms with E-state index in [1.54, 1.807) is 0 Å². The molecule has 0 saturated heterocycles. The van der Waals surface area contributed by atoms with Gasteiger partial charge < -0.3 is 32.5 Å². The highest BCUT2D eigenvalue weighted by molar-refractivity contribution is 5.93. The molecule has 34 heavy (non-hydrogen) atoms. The fourth-order valence-electron chi connectivity index (χ4n) is 3.37. The van der Waals surface area contributed by atoms with Gasteiger partial charge in [-0.15, -0.1) is 0 Å². The molecule has 190 valence electrons. The van der Waals surface area contributed by atoms with E-state index in [-0.39, 0.29) is 12.3 Å². The summed E-state index contributed by atoms with van der Waals surface area (Å²) in [5.74, 6) is -2.69. The van der Waals surface area contributed by atoms with Crippen LogP contribution in [-0.2, 0) is 25.6 Å². The minimum Gasteiger partial charge on any atom is -0.480 e. The smallest absolute Gasteiger partial charge is 0.326 e. The Morgan fingerprint density at radius 2 is 1.50 bits per heavy atom. The van der Waals surface area contributed by atoms with Gasteiger partial charge in [0.25, 0.3) is 0 Å². The number of nitrogens with one attached hydrogen (secondary N) is 3. The van der Waals surface area contributed by atoms with E-state index < -0.39 is 47.9 Å².